The van der Waals surface area contributed by atoms with Gasteiger partial charge in [0.15, 0.2) is 5.96 Å². The van der Waals surface area contributed by atoms with Gasteiger partial charge in [-0.1, -0.05) is 48.9 Å². The van der Waals surface area contributed by atoms with Crippen molar-refractivity contribution in [3.8, 4) is 0 Å². The van der Waals surface area contributed by atoms with Crippen LogP contribution in [0.1, 0.15) is 24.8 Å². The van der Waals surface area contributed by atoms with Gasteiger partial charge in [0, 0.05) is 13.1 Å². The van der Waals surface area contributed by atoms with Gasteiger partial charge in [-0.15, -0.1) is 24.0 Å². The van der Waals surface area contributed by atoms with Gasteiger partial charge < -0.3 is 11.1 Å². The largest absolute Gasteiger partial charge is 0.370 e. The lowest BCUT2D eigenvalue weighted by atomic mass is 9.86. The molecule has 2 aromatic rings. The van der Waals surface area contributed by atoms with Crippen LogP contribution in [0.3, 0.4) is 0 Å². The number of benzene rings is 2. The molecule has 118 valence electrons. The molecule has 0 aromatic heterocycles. The van der Waals surface area contributed by atoms with Crippen molar-refractivity contribution >= 4 is 40.7 Å². The van der Waals surface area contributed by atoms with Crippen LogP contribution in [-0.2, 0) is 6.42 Å². The first kappa shape index (κ1) is 17.1. The second-order valence-electron chi connectivity index (χ2n) is 5.88. The highest BCUT2D eigenvalue weighted by atomic mass is 127. The zero-order valence-electron chi connectivity index (χ0n) is 12.8. The first-order chi connectivity index (χ1) is 10.3. The Balaban J connectivity index is 0.00000176. The Labute approximate surface area is 149 Å². The summed E-state index contributed by atoms with van der Waals surface area (Å²) in [6.45, 7) is 1.72. The van der Waals surface area contributed by atoms with E-state index < -0.39 is 0 Å². The molecule has 1 saturated carbocycles. The molecular weight excluding hydrogens is 385 g/mol. The van der Waals surface area contributed by atoms with Crippen LogP contribution in [0.15, 0.2) is 47.5 Å². The minimum absolute atomic E-state index is 0. The van der Waals surface area contributed by atoms with Crippen LogP contribution in [0.25, 0.3) is 10.8 Å². The van der Waals surface area contributed by atoms with Crippen molar-refractivity contribution in [2.75, 3.05) is 13.1 Å². The lowest BCUT2D eigenvalue weighted by molar-refractivity contribution is 0.326. The molecule has 0 radical (unpaired) electrons. The fourth-order valence-corrected chi connectivity index (χ4v) is 2.69. The lowest BCUT2D eigenvalue weighted by Crippen LogP contribution is -2.34. The monoisotopic (exact) mass is 409 g/mol. The minimum Gasteiger partial charge on any atom is -0.370 e. The van der Waals surface area contributed by atoms with Crippen molar-refractivity contribution in [2.45, 2.75) is 25.7 Å². The molecule has 3 nitrogen and oxygen atoms in total. The highest BCUT2D eigenvalue weighted by molar-refractivity contribution is 14.0. The molecular formula is C18H24IN3. The van der Waals surface area contributed by atoms with E-state index in [1.165, 1.54) is 35.6 Å². The molecule has 0 amide bonds. The normalized spacial score (nSPS) is 15.2. The first-order valence-corrected chi connectivity index (χ1v) is 7.83. The van der Waals surface area contributed by atoms with Crippen LogP contribution in [-0.4, -0.2) is 19.0 Å². The fourth-order valence-electron chi connectivity index (χ4n) is 2.69. The third-order valence-corrected chi connectivity index (χ3v) is 4.28. The molecule has 4 heteroatoms. The lowest BCUT2D eigenvalue weighted by Gasteiger charge is -2.23. The van der Waals surface area contributed by atoms with Gasteiger partial charge in [-0.2, -0.15) is 0 Å². The summed E-state index contributed by atoms with van der Waals surface area (Å²) < 4.78 is 0. The molecule has 0 atom stereocenters. The van der Waals surface area contributed by atoms with E-state index in [0.717, 1.165) is 25.4 Å². The standard InChI is InChI=1S/C18H23N3.HI/c19-18(21-13-15-4-3-5-15)20-11-10-14-8-9-16-6-1-2-7-17(16)12-14;/h1-2,6-9,12,15H,3-5,10-11,13H2,(H3,19,20,21);1H. The Hall–Kier alpha value is -1.30. The number of guanidine groups is 1. The van der Waals surface area contributed by atoms with E-state index in [1.54, 1.807) is 0 Å². The van der Waals surface area contributed by atoms with E-state index in [9.17, 15) is 0 Å². The number of hydrogen-bond donors (Lipinski definition) is 2. The van der Waals surface area contributed by atoms with Gasteiger partial charge in [-0.05, 0) is 41.5 Å². The van der Waals surface area contributed by atoms with E-state index in [4.69, 9.17) is 5.73 Å². The van der Waals surface area contributed by atoms with Crippen LogP contribution < -0.4 is 11.1 Å². The molecule has 0 spiro atoms. The summed E-state index contributed by atoms with van der Waals surface area (Å²) in [5.41, 5.74) is 7.22. The predicted octanol–water partition coefficient (Wildman–Crippen LogP) is 3.70. The van der Waals surface area contributed by atoms with Crippen molar-refractivity contribution in [2.24, 2.45) is 16.6 Å². The first-order valence-electron chi connectivity index (χ1n) is 7.83. The third-order valence-electron chi connectivity index (χ3n) is 4.28. The zero-order chi connectivity index (χ0) is 14.5. The van der Waals surface area contributed by atoms with Gasteiger partial charge >= 0.3 is 0 Å². The second-order valence-corrected chi connectivity index (χ2v) is 5.88. The van der Waals surface area contributed by atoms with Crippen molar-refractivity contribution in [3.63, 3.8) is 0 Å². The number of fused-ring (bicyclic) bond motifs is 1. The molecule has 22 heavy (non-hydrogen) atoms. The average molecular weight is 409 g/mol. The number of hydrogen-bond acceptors (Lipinski definition) is 1. The SMILES string of the molecule is I.NC(=NCC1CCC1)NCCc1ccc2ccccc2c1. The average Bonchev–Trinajstić information content (AvgIpc) is 2.45. The predicted molar refractivity (Wildman–Crippen MR) is 105 cm³/mol. The van der Waals surface area contributed by atoms with Crippen molar-refractivity contribution in [3.05, 3.63) is 48.0 Å². The smallest absolute Gasteiger partial charge is 0.188 e. The Morgan fingerprint density at radius 1 is 1.14 bits per heavy atom. The van der Waals surface area contributed by atoms with Crippen LogP contribution in [0, 0.1) is 5.92 Å². The molecule has 0 heterocycles. The van der Waals surface area contributed by atoms with Gasteiger partial charge in [0.25, 0.3) is 0 Å². The molecule has 0 aliphatic heterocycles. The maximum Gasteiger partial charge on any atom is 0.188 e. The summed E-state index contributed by atoms with van der Waals surface area (Å²) in [6, 6.07) is 15.1. The van der Waals surface area contributed by atoms with Gasteiger partial charge in [-0.3, -0.25) is 4.99 Å². The van der Waals surface area contributed by atoms with E-state index in [1.807, 2.05) is 0 Å². The van der Waals surface area contributed by atoms with Crippen molar-refractivity contribution in [1.29, 1.82) is 0 Å². The molecule has 3 N–H and O–H groups in total. The maximum absolute atomic E-state index is 5.89. The number of nitrogens with two attached hydrogens (primary N) is 1. The Bertz CT molecular complexity index is 635. The summed E-state index contributed by atoms with van der Waals surface area (Å²) in [4.78, 5) is 4.41. The fraction of sp³-hybridized carbons (Fsp3) is 0.389. The number of rotatable bonds is 5. The summed E-state index contributed by atoms with van der Waals surface area (Å²) in [6.07, 6.45) is 4.95. The number of aliphatic imine (C=N–C) groups is 1. The second kappa shape index (κ2) is 8.36. The molecule has 3 rings (SSSR count). The van der Waals surface area contributed by atoms with Crippen LogP contribution in [0.2, 0.25) is 0 Å². The summed E-state index contributed by atoms with van der Waals surface area (Å²) in [5.74, 6) is 1.36. The summed E-state index contributed by atoms with van der Waals surface area (Å²) in [5, 5.41) is 5.79. The van der Waals surface area contributed by atoms with Crippen LogP contribution >= 0.6 is 24.0 Å². The van der Waals surface area contributed by atoms with E-state index >= 15 is 0 Å². The summed E-state index contributed by atoms with van der Waals surface area (Å²) >= 11 is 0. The third kappa shape index (κ3) is 4.60. The van der Waals surface area contributed by atoms with Crippen molar-refractivity contribution < 1.29 is 0 Å². The number of halogens is 1. The molecule has 1 aliphatic rings. The summed E-state index contributed by atoms with van der Waals surface area (Å²) in [7, 11) is 0. The molecule has 2 aromatic carbocycles. The number of nitrogens with one attached hydrogen (secondary N) is 1. The zero-order valence-corrected chi connectivity index (χ0v) is 15.1. The van der Waals surface area contributed by atoms with Gasteiger partial charge in [-0.25, -0.2) is 0 Å². The van der Waals surface area contributed by atoms with E-state index in [2.05, 4.69) is 52.8 Å². The van der Waals surface area contributed by atoms with Crippen molar-refractivity contribution in [1.82, 2.24) is 5.32 Å². The van der Waals surface area contributed by atoms with Crippen LogP contribution in [0.5, 0.6) is 0 Å². The highest BCUT2D eigenvalue weighted by Gasteiger charge is 2.16. The molecule has 1 aliphatic carbocycles. The van der Waals surface area contributed by atoms with Gasteiger partial charge in [0.05, 0.1) is 0 Å². The minimum atomic E-state index is 0. The van der Waals surface area contributed by atoms with Gasteiger partial charge in [0.2, 0.25) is 0 Å². The maximum atomic E-state index is 5.89. The van der Waals surface area contributed by atoms with Crippen LogP contribution in [0.4, 0.5) is 0 Å². The Morgan fingerprint density at radius 3 is 2.64 bits per heavy atom. The van der Waals surface area contributed by atoms with Gasteiger partial charge in [0.1, 0.15) is 0 Å². The number of nitrogens with zero attached hydrogens (tertiary/aromatic N) is 1. The molecule has 0 bridgehead atoms. The quantitative estimate of drug-likeness (QED) is 0.450. The topological polar surface area (TPSA) is 50.4 Å². The van der Waals surface area contributed by atoms with E-state index in [0.29, 0.717) is 5.96 Å². The molecule has 0 unspecified atom stereocenters. The highest BCUT2D eigenvalue weighted by Crippen LogP contribution is 2.26. The Morgan fingerprint density at radius 2 is 1.91 bits per heavy atom. The van der Waals surface area contributed by atoms with E-state index in [-0.39, 0.29) is 24.0 Å². The Kier molecular flexibility index (Phi) is 6.49. The molecule has 0 saturated heterocycles. The molecule has 1 fully saturated rings.